The molecule has 5 heteroatoms. The second-order valence-corrected chi connectivity index (χ2v) is 9.63. The van der Waals surface area contributed by atoms with Gasteiger partial charge in [-0.05, 0) is 47.4 Å². The van der Waals surface area contributed by atoms with Crippen molar-refractivity contribution in [1.82, 2.24) is 4.90 Å². The van der Waals surface area contributed by atoms with Gasteiger partial charge in [0.25, 0.3) is 0 Å². The average molecular weight is 470 g/mol. The Labute approximate surface area is 206 Å². The number of fused-ring (bicyclic) bond motifs is 2. The van der Waals surface area contributed by atoms with Gasteiger partial charge in [0.2, 0.25) is 0 Å². The van der Waals surface area contributed by atoms with E-state index < -0.39 is 23.4 Å². The van der Waals surface area contributed by atoms with E-state index in [4.69, 9.17) is 9.47 Å². The lowest BCUT2D eigenvalue weighted by Gasteiger charge is -2.55. The van der Waals surface area contributed by atoms with Crippen LogP contribution in [0.3, 0.4) is 0 Å². The summed E-state index contributed by atoms with van der Waals surface area (Å²) in [6.45, 7) is 0.611. The molecule has 0 N–H and O–H groups in total. The molecule has 0 radical (unpaired) electrons. The number of piperidine rings is 1. The molecule has 0 unspecified atom stereocenters. The zero-order valence-electron chi connectivity index (χ0n) is 20.2. The van der Waals surface area contributed by atoms with Crippen molar-refractivity contribution >= 4 is 11.9 Å². The Morgan fingerprint density at radius 1 is 0.800 bits per heavy atom. The van der Waals surface area contributed by atoms with E-state index in [2.05, 4.69) is 41.3 Å². The molecule has 1 saturated heterocycles. The van der Waals surface area contributed by atoms with Crippen molar-refractivity contribution in [2.45, 2.75) is 37.9 Å². The van der Waals surface area contributed by atoms with Crippen LogP contribution >= 0.6 is 0 Å². The smallest absolute Gasteiger partial charge is 0.325 e. The third-order valence-electron chi connectivity index (χ3n) is 7.80. The summed E-state index contributed by atoms with van der Waals surface area (Å²) >= 11 is 0. The summed E-state index contributed by atoms with van der Waals surface area (Å²) in [5.41, 5.74) is 3.21. The molecule has 35 heavy (non-hydrogen) atoms. The monoisotopic (exact) mass is 469 g/mol. The summed E-state index contributed by atoms with van der Waals surface area (Å²) in [5.74, 6) is -0.964. The molecule has 3 aromatic carbocycles. The molecule has 0 bridgehead atoms. The van der Waals surface area contributed by atoms with Crippen LogP contribution in [0.2, 0.25) is 0 Å². The van der Waals surface area contributed by atoms with Gasteiger partial charge in [-0.25, -0.2) is 0 Å². The lowest BCUT2D eigenvalue weighted by molar-refractivity contribution is -0.187. The van der Waals surface area contributed by atoms with Gasteiger partial charge in [-0.15, -0.1) is 0 Å². The Morgan fingerprint density at radius 3 is 1.94 bits per heavy atom. The first-order valence-electron chi connectivity index (χ1n) is 12.2. The molecule has 2 aliphatic rings. The molecule has 0 saturated carbocycles. The molecule has 180 valence electrons. The summed E-state index contributed by atoms with van der Waals surface area (Å²) in [5, 5.41) is 0. The zero-order chi connectivity index (χ0) is 24.4. The van der Waals surface area contributed by atoms with E-state index in [9.17, 15) is 9.59 Å². The number of likely N-dealkylation sites (tertiary alicyclic amines) is 1. The first-order valence-corrected chi connectivity index (χ1v) is 12.2. The highest BCUT2D eigenvalue weighted by molar-refractivity contribution is 6.01. The minimum atomic E-state index is -1.47. The molecule has 0 spiro atoms. The third-order valence-corrected chi connectivity index (χ3v) is 7.80. The maximum atomic E-state index is 13.6. The maximum Gasteiger partial charge on any atom is 0.325 e. The van der Waals surface area contributed by atoms with E-state index in [1.54, 1.807) is 0 Å². The number of methoxy groups -OCH3 is 2. The van der Waals surface area contributed by atoms with E-state index in [0.29, 0.717) is 13.0 Å². The molecule has 1 aliphatic carbocycles. The fraction of sp³-hybridized carbons (Fsp3) is 0.333. The van der Waals surface area contributed by atoms with Crippen molar-refractivity contribution in [2.75, 3.05) is 14.2 Å². The van der Waals surface area contributed by atoms with Crippen LogP contribution in [0.15, 0.2) is 84.9 Å². The Kier molecular flexibility index (Phi) is 6.44. The van der Waals surface area contributed by atoms with Crippen molar-refractivity contribution in [3.8, 4) is 0 Å². The molecule has 1 aliphatic heterocycles. The Balaban J connectivity index is 1.72. The van der Waals surface area contributed by atoms with Gasteiger partial charge < -0.3 is 9.47 Å². The van der Waals surface area contributed by atoms with Crippen molar-refractivity contribution < 1.29 is 19.1 Å². The quantitative estimate of drug-likeness (QED) is 0.399. The number of carbonyl (C=O) groups is 2. The summed E-state index contributed by atoms with van der Waals surface area (Å²) in [4.78, 5) is 29.6. The minimum Gasteiger partial charge on any atom is -0.468 e. The highest BCUT2D eigenvalue weighted by atomic mass is 16.5. The van der Waals surface area contributed by atoms with Gasteiger partial charge in [-0.1, -0.05) is 84.9 Å². The molecule has 3 atom stereocenters. The number of ether oxygens (including phenoxy) is 2. The minimum absolute atomic E-state index is 0.103. The van der Waals surface area contributed by atoms with Gasteiger partial charge in [0.1, 0.15) is 0 Å². The van der Waals surface area contributed by atoms with Crippen LogP contribution in [-0.4, -0.2) is 37.1 Å². The Hall–Kier alpha value is -3.44. The van der Waals surface area contributed by atoms with E-state index in [1.165, 1.54) is 25.3 Å². The van der Waals surface area contributed by atoms with Gasteiger partial charge in [-0.3, -0.25) is 14.5 Å². The van der Waals surface area contributed by atoms with E-state index in [0.717, 1.165) is 24.0 Å². The Morgan fingerprint density at radius 2 is 1.34 bits per heavy atom. The molecule has 5 nitrogen and oxygen atoms in total. The number of nitrogens with zero attached hydrogens (tertiary/aromatic N) is 1. The van der Waals surface area contributed by atoms with Gasteiger partial charge in [-0.2, -0.15) is 0 Å². The van der Waals surface area contributed by atoms with Gasteiger partial charge >= 0.3 is 11.9 Å². The van der Waals surface area contributed by atoms with Crippen molar-refractivity contribution in [2.24, 2.45) is 11.3 Å². The first-order chi connectivity index (χ1) is 17.1. The molecule has 3 aromatic rings. The summed E-state index contributed by atoms with van der Waals surface area (Å²) in [7, 11) is 2.72. The van der Waals surface area contributed by atoms with Gasteiger partial charge in [0.05, 0.1) is 20.3 Å². The zero-order valence-corrected chi connectivity index (χ0v) is 20.2. The lowest BCUT2D eigenvalue weighted by atomic mass is 9.61. The standard InChI is InChI=1S/C30H31NO4/c1-34-28(32)30(29(33)35-2)19-25-17-23-15-9-10-16-24(23)18-26(25)31(20-21-11-5-3-6-12-21)27(30)22-13-7-4-8-14-22/h3-16,25-27H,17-20H2,1-2H3/t25-,26+,27+/m0/s1. The third kappa shape index (κ3) is 4.04. The summed E-state index contributed by atoms with van der Waals surface area (Å²) in [6.07, 6.45) is 2.06. The highest BCUT2D eigenvalue weighted by Crippen LogP contribution is 2.54. The summed E-state index contributed by atoms with van der Waals surface area (Å²) in [6, 6.07) is 28.3. The molecule has 1 fully saturated rings. The van der Waals surface area contributed by atoms with Gasteiger partial charge in [0, 0.05) is 12.6 Å². The first kappa shape index (κ1) is 23.3. The topological polar surface area (TPSA) is 55.8 Å². The van der Waals surface area contributed by atoms with Crippen LogP contribution in [0.4, 0.5) is 0 Å². The van der Waals surface area contributed by atoms with Crippen LogP contribution in [0, 0.1) is 11.3 Å². The maximum absolute atomic E-state index is 13.6. The fourth-order valence-corrected chi connectivity index (χ4v) is 6.31. The number of carbonyl (C=O) groups excluding carboxylic acids is 2. The predicted octanol–water partition coefficient (Wildman–Crippen LogP) is 4.75. The van der Waals surface area contributed by atoms with Crippen LogP contribution in [0.25, 0.3) is 0 Å². The lowest BCUT2D eigenvalue weighted by Crippen LogP contribution is -2.62. The summed E-state index contributed by atoms with van der Waals surface area (Å²) < 4.78 is 10.7. The fourth-order valence-electron chi connectivity index (χ4n) is 6.31. The number of esters is 2. The van der Waals surface area contributed by atoms with Crippen molar-refractivity contribution in [3.63, 3.8) is 0 Å². The molecule has 0 amide bonds. The van der Waals surface area contributed by atoms with E-state index in [-0.39, 0.29) is 12.0 Å². The predicted molar refractivity (Wildman–Crippen MR) is 133 cm³/mol. The SMILES string of the molecule is COC(=O)C1(C(=O)OC)C[C@@H]2Cc3ccccc3C[C@H]2N(Cc2ccccc2)[C@@H]1c1ccccc1. The van der Waals surface area contributed by atoms with Crippen LogP contribution in [0.1, 0.15) is 34.7 Å². The van der Waals surface area contributed by atoms with Crippen molar-refractivity contribution in [3.05, 3.63) is 107 Å². The number of hydrogen-bond acceptors (Lipinski definition) is 5. The molecular formula is C30H31NO4. The van der Waals surface area contributed by atoms with Crippen LogP contribution < -0.4 is 0 Å². The van der Waals surface area contributed by atoms with Crippen molar-refractivity contribution in [1.29, 1.82) is 0 Å². The van der Waals surface area contributed by atoms with Gasteiger partial charge in [0.15, 0.2) is 5.41 Å². The largest absolute Gasteiger partial charge is 0.468 e. The molecule has 5 rings (SSSR count). The second kappa shape index (κ2) is 9.67. The highest BCUT2D eigenvalue weighted by Gasteiger charge is 2.63. The molecule has 1 heterocycles. The van der Waals surface area contributed by atoms with Crippen LogP contribution in [0.5, 0.6) is 0 Å². The van der Waals surface area contributed by atoms with Crippen LogP contribution in [-0.2, 0) is 38.4 Å². The molecule has 0 aromatic heterocycles. The Bertz CT molecular complexity index is 1180. The van der Waals surface area contributed by atoms with E-state index in [1.807, 2.05) is 48.5 Å². The molecular weight excluding hydrogens is 438 g/mol. The second-order valence-electron chi connectivity index (χ2n) is 9.63. The average Bonchev–Trinajstić information content (AvgIpc) is 2.91. The normalized spacial score (nSPS) is 23.0. The van der Waals surface area contributed by atoms with E-state index >= 15 is 0 Å². The number of rotatable bonds is 5. The number of hydrogen-bond donors (Lipinski definition) is 0. The number of benzene rings is 3.